The van der Waals surface area contributed by atoms with Crippen molar-refractivity contribution in [2.75, 3.05) is 0 Å². The van der Waals surface area contributed by atoms with Gasteiger partial charge in [-0.3, -0.25) is 4.79 Å². The highest BCUT2D eigenvalue weighted by Gasteiger charge is 2.31. The van der Waals surface area contributed by atoms with Gasteiger partial charge in [0.05, 0.1) is 0 Å². The lowest BCUT2D eigenvalue weighted by atomic mass is 10.0. The van der Waals surface area contributed by atoms with Crippen LogP contribution >= 0.6 is 0 Å². The summed E-state index contributed by atoms with van der Waals surface area (Å²) in [6.45, 7) is 0. The molecule has 130 valence electrons. The van der Waals surface area contributed by atoms with Gasteiger partial charge in [-0.15, -0.1) is 0 Å². The van der Waals surface area contributed by atoms with Gasteiger partial charge in [-0.1, -0.05) is 24.3 Å². The predicted molar refractivity (Wildman–Crippen MR) is 97.8 cm³/mol. The average Bonchev–Trinajstić information content (AvgIpc) is 2.98. The van der Waals surface area contributed by atoms with Crippen molar-refractivity contribution in [2.24, 2.45) is 5.73 Å². The van der Waals surface area contributed by atoms with Crippen LogP contribution in [0.5, 0.6) is 5.75 Å². The van der Waals surface area contributed by atoms with Crippen LogP contribution in [0.3, 0.4) is 0 Å². The number of rotatable bonds is 4. The van der Waals surface area contributed by atoms with E-state index < -0.39 is 0 Å². The average molecular weight is 347 g/mol. The molecule has 3 aromatic rings. The first-order chi connectivity index (χ1) is 12.6. The molecule has 0 radical (unpaired) electrons. The van der Waals surface area contributed by atoms with Crippen LogP contribution in [0.1, 0.15) is 33.2 Å². The lowest BCUT2D eigenvalue weighted by molar-refractivity contribution is 0.103. The van der Waals surface area contributed by atoms with Gasteiger partial charge in [0, 0.05) is 17.2 Å². The van der Waals surface area contributed by atoms with E-state index in [1.807, 2.05) is 18.2 Å². The summed E-state index contributed by atoms with van der Waals surface area (Å²) in [7, 11) is 0. The number of benzene rings is 3. The Kier molecular flexibility index (Phi) is 4.27. The molecule has 1 aliphatic rings. The summed E-state index contributed by atoms with van der Waals surface area (Å²) < 4.78 is 19.1. The normalized spacial score (nSPS) is 18.4. The van der Waals surface area contributed by atoms with Gasteiger partial charge in [-0.2, -0.15) is 0 Å². The molecule has 0 saturated carbocycles. The first kappa shape index (κ1) is 16.5. The molecule has 0 aliphatic heterocycles. The van der Waals surface area contributed by atoms with Gasteiger partial charge in [0.25, 0.3) is 0 Å². The Balaban J connectivity index is 1.52. The first-order valence-electron chi connectivity index (χ1n) is 8.52. The van der Waals surface area contributed by atoms with Gasteiger partial charge in [-0.05, 0) is 66.1 Å². The number of ether oxygens (including phenoxy) is 1. The summed E-state index contributed by atoms with van der Waals surface area (Å²) in [5.74, 6) is 0.149. The first-order valence-corrected chi connectivity index (χ1v) is 8.52. The molecule has 0 aromatic heterocycles. The summed E-state index contributed by atoms with van der Waals surface area (Å²) in [5.41, 5.74) is 9.55. The maximum atomic E-state index is 13.0. The number of carbonyl (C=O) groups excluding carboxylic acids is 1. The number of carbonyl (C=O) groups is 1. The van der Waals surface area contributed by atoms with E-state index >= 15 is 0 Å². The van der Waals surface area contributed by atoms with Crippen molar-refractivity contribution in [3.8, 4) is 5.75 Å². The summed E-state index contributed by atoms with van der Waals surface area (Å²) in [6, 6.07) is 20.5. The highest BCUT2D eigenvalue weighted by atomic mass is 19.1. The Morgan fingerprint density at radius 3 is 2.23 bits per heavy atom. The molecular weight excluding hydrogens is 329 g/mol. The SMILES string of the molecule is N[C@H]1Cc2ccccc2[C@H]1Oc1ccc(C(=O)c2ccc(F)cc2)cc1. The Labute approximate surface area is 151 Å². The Morgan fingerprint density at radius 2 is 1.54 bits per heavy atom. The van der Waals surface area contributed by atoms with Crippen molar-refractivity contribution in [3.05, 3.63) is 101 Å². The second-order valence-electron chi connectivity index (χ2n) is 6.47. The predicted octanol–water partition coefficient (Wildman–Crippen LogP) is 4.06. The summed E-state index contributed by atoms with van der Waals surface area (Å²) in [4.78, 5) is 12.4. The summed E-state index contributed by atoms with van der Waals surface area (Å²) >= 11 is 0. The lowest BCUT2D eigenvalue weighted by Gasteiger charge is -2.19. The lowest BCUT2D eigenvalue weighted by Crippen LogP contribution is -2.28. The molecule has 26 heavy (non-hydrogen) atoms. The fourth-order valence-corrected chi connectivity index (χ4v) is 3.34. The number of nitrogens with two attached hydrogens (primary N) is 1. The van der Waals surface area contributed by atoms with Gasteiger partial charge < -0.3 is 10.5 Å². The van der Waals surface area contributed by atoms with Crippen LogP contribution in [-0.2, 0) is 6.42 Å². The minimum atomic E-state index is -0.363. The molecule has 0 amide bonds. The molecule has 0 spiro atoms. The van der Waals surface area contributed by atoms with Crippen molar-refractivity contribution >= 4 is 5.78 Å². The number of ketones is 1. The van der Waals surface area contributed by atoms with Crippen molar-refractivity contribution in [1.29, 1.82) is 0 Å². The molecule has 0 fully saturated rings. The van der Waals surface area contributed by atoms with E-state index in [-0.39, 0.29) is 23.7 Å². The van der Waals surface area contributed by atoms with Gasteiger partial charge in [0.1, 0.15) is 17.7 Å². The summed E-state index contributed by atoms with van der Waals surface area (Å²) in [5, 5.41) is 0. The number of hydrogen-bond donors (Lipinski definition) is 1. The fourth-order valence-electron chi connectivity index (χ4n) is 3.34. The van der Waals surface area contributed by atoms with Crippen molar-refractivity contribution in [2.45, 2.75) is 18.6 Å². The molecule has 4 heteroatoms. The van der Waals surface area contributed by atoms with Crippen LogP contribution in [0.15, 0.2) is 72.8 Å². The molecule has 3 aromatic carbocycles. The van der Waals surface area contributed by atoms with Crippen LogP contribution in [-0.4, -0.2) is 11.8 Å². The Morgan fingerprint density at radius 1 is 0.923 bits per heavy atom. The van der Waals surface area contributed by atoms with Gasteiger partial charge in [0.2, 0.25) is 0 Å². The fraction of sp³-hybridized carbons (Fsp3) is 0.136. The second-order valence-corrected chi connectivity index (χ2v) is 6.47. The monoisotopic (exact) mass is 347 g/mol. The van der Waals surface area contributed by atoms with Gasteiger partial charge >= 0.3 is 0 Å². The Hall–Kier alpha value is -2.98. The van der Waals surface area contributed by atoms with Crippen LogP contribution in [0, 0.1) is 5.82 Å². The van der Waals surface area contributed by atoms with E-state index in [1.165, 1.54) is 29.8 Å². The quantitative estimate of drug-likeness (QED) is 0.724. The molecule has 0 heterocycles. The largest absolute Gasteiger partial charge is 0.484 e. The molecular formula is C22H18FNO2. The molecule has 2 N–H and O–H groups in total. The molecule has 1 aliphatic carbocycles. The van der Waals surface area contributed by atoms with E-state index in [0.717, 1.165) is 12.0 Å². The van der Waals surface area contributed by atoms with E-state index in [2.05, 4.69) is 6.07 Å². The zero-order valence-electron chi connectivity index (χ0n) is 14.1. The number of halogens is 1. The molecule has 2 atom stereocenters. The molecule has 3 nitrogen and oxygen atoms in total. The smallest absolute Gasteiger partial charge is 0.193 e. The van der Waals surface area contributed by atoms with E-state index in [4.69, 9.17) is 10.5 Å². The van der Waals surface area contributed by atoms with Crippen molar-refractivity contribution < 1.29 is 13.9 Å². The highest BCUT2D eigenvalue weighted by molar-refractivity contribution is 6.08. The molecule has 0 unspecified atom stereocenters. The van der Waals surface area contributed by atoms with Crippen molar-refractivity contribution in [3.63, 3.8) is 0 Å². The minimum absolute atomic E-state index is 0.0899. The third kappa shape index (κ3) is 3.11. The summed E-state index contributed by atoms with van der Waals surface area (Å²) in [6.07, 6.45) is 0.604. The van der Waals surface area contributed by atoms with E-state index in [1.54, 1.807) is 24.3 Å². The third-order valence-electron chi connectivity index (χ3n) is 4.69. The molecule has 4 rings (SSSR count). The van der Waals surface area contributed by atoms with Crippen LogP contribution in [0.25, 0.3) is 0 Å². The van der Waals surface area contributed by atoms with Gasteiger partial charge in [-0.25, -0.2) is 4.39 Å². The Bertz CT molecular complexity index is 935. The zero-order valence-corrected chi connectivity index (χ0v) is 14.1. The van der Waals surface area contributed by atoms with E-state index in [0.29, 0.717) is 16.9 Å². The minimum Gasteiger partial charge on any atom is -0.484 e. The van der Waals surface area contributed by atoms with Crippen LogP contribution < -0.4 is 10.5 Å². The standard InChI is InChI=1S/C22H18FNO2/c23-17-9-5-14(6-10-17)21(25)15-7-11-18(12-8-15)26-22-19-4-2-1-3-16(19)13-20(22)24/h1-12,20,22H,13,24H2/t20-,22+/m0/s1. The van der Waals surface area contributed by atoms with Crippen molar-refractivity contribution in [1.82, 2.24) is 0 Å². The number of fused-ring (bicyclic) bond motifs is 1. The third-order valence-corrected chi connectivity index (χ3v) is 4.69. The van der Waals surface area contributed by atoms with E-state index in [9.17, 15) is 9.18 Å². The van der Waals surface area contributed by atoms with Gasteiger partial charge in [0.15, 0.2) is 5.78 Å². The second kappa shape index (κ2) is 6.73. The van der Waals surface area contributed by atoms with Crippen LogP contribution in [0.2, 0.25) is 0 Å². The maximum Gasteiger partial charge on any atom is 0.193 e. The number of hydrogen-bond acceptors (Lipinski definition) is 3. The highest BCUT2D eigenvalue weighted by Crippen LogP contribution is 2.34. The maximum absolute atomic E-state index is 13.0. The molecule has 0 saturated heterocycles. The van der Waals surface area contributed by atoms with Crippen LogP contribution in [0.4, 0.5) is 4.39 Å². The zero-order chi connectivity index (χ0) is 18.1. The molecule has 0 bridgehead atoms. The topological polar surface area (TPSA) is 52.3 Å².